The van der Waals surface area contributed by atoms with Crippen LogP contribution < -0.4 is 5.32 Å². The molecule has 5 nitrogen and oxygen atoms in total. The second-order valence-corrected chi connectivity index (χ2v) is 9.60. The number of hydrogen-bond donors (Lipinski definition) is 1. The fraction of sp³-hybridized carbons (Fsp3) is 0.909. The van der Waals surface area contributed by atoms with Gasteiger partial charge in [-0.2, -0.15) is 11.8 Å². The second-order valence-electron chi connectivity index (χ2n) is 8.61. The fourth-order valence-electron chi connectivity index (χ4n) is 2.64. The molecule has 1 atom stereocenters. The van der Waals surface area contributed by atoms with E-state index < -0.39 is 12.1 Å². The SMILES string of the molecule is CCCCCCCCCCCOC(=O)C(CCSC)NC(=O)OCC(C)(C)C. The maximum atomic E-state index is 12.3. The van der Waals surface area contributed by atoms with E-state index in [9.17, 15) is 9.59 Å². The summed E-state index contributed by atoms with van der Waals surface area (Å²) in [5.74, 6) is 0.415. The van der Waals surface area contributed by atoms with E-state index in [1.54, 1.807) is 11.8 Å². The molecule has 0 aromatic rings. The Morgan fingerprint density at radius 3 is 2.04 bits per heavy atom. The minimum absolute atomic E-state index is 0.109. The number of rotatable bonds is 16. The first-order valence-corrected chi connectivity index (χ1v) is 12.3. The molecule has 6 heteroatoms. The number of carbonyl (C=O) groups excluding carboxylic acids is 2. The maximum Gasteiger partial charge on any atom is 0.407 e. The number of thioether (sulfide) groups is 1. The summed E-state index contributed by atoms with van der Waals surface area (Å²) in [6, 6.07) is -0.640. The molecule has 0 saturated heterocycles. The van der Waals surface area contributed by atoms with Gasteiger partial charge < -0.3 is 14.8 Å². The van der Waals surface area contributed by atoms with Crippen molar-refractivity contribution in [1.29, 1.82) is 0 Å². The smallest absolute Gasteiger partial charge is 0.407 e. The molecule has 0 aliphatic heterocycles. The van der Waals surface area contributed by atoms with Gasteiger partial charge in [0.2, 0.25) is 0 Å². The second kappa shape index (κ2) is 17.0. The Morgan fingerprint density at radius 1 is 0.929 bits per heavy atom. The average Bonchev–Trinajstić information content (AvgIpc) is 2.64. The molecule has 0 fully saturated rings. The van der Waals surface area contributed by atoms with E-state index in [1.807, 2.05) is 27.0 Å². The number of amides is 1. The van der Waals surface area contributed by atoms with Crippen LogP contribution in [0, 0.1) is 5.41 Å². The summed E-state index contributed by atoms with van der Waals surface area (Å²) in [5.41, 5.74) is -0.109. The van der Waals surface area contributed by atoms with E-state index >= 15 is 0 Å². The van der Waals surface area contributed by atoms with E-state index in [0.29, 0.717) is 19.6 Å². The summed E-state index contributed by atoms with van der Waals surface area (Å²) in [4.78, 5) is 24.3. The minimum Gasteiger partial charge on any atom is -0.464 e. The summed E-state index contributed by atoms with van der Waals surface area (Å²) < 4.78 is 10.6. The van der Waals surface area contributed by atoms with E-state index in [1.165, 1.54) is 44.9 Å². The van der Waals surface area contributed by atoms with Gasteiger partial charge in [0.05, 0.1) is 13.2 Å². The Hall–Kier alpha value is -0.910. The van der Waals surface area contributed by atoms with Crippen molar-refractivity contribution in [2.45, 2.75) is 97.9 Å². The molecule has 0 aromatic heterocycles. The predicted molar refractivity (Wildman–Crippen MR) is 119 cm³/mol. The molecule has 0 aliphatic carbocycles. The van der Waals surface area contributed by atoms with Crippen LogP contribution in [0.25, 0.3) is 0 Å². The van der Waals surface area contributed by atoms with Crippen molar-refractivity contribution in [2.75, 3.05) is 25.2 Å². The zero-order chi connectivity index (χ0) is 21.3. The standard InChI is InChI=1S/C22H43NO4S/c1-6-7-8-9-10-11-12-13-14-16-26-20(24)19(15-17-28-5)23-21(25)27-18-22(2,3)4/h19H,6-18H2,1-5H3,(H,23,25). The van der Waals surface area contributed by atoms with Gasteiger partial charge in [-0.05, 0) is 30.3 Å². The Balaban J connectivity index is 4.01. The molecule has 0 rings (SSSR count). The molecular weight excluding hydrogens is 374 g/mol. The zero-order valence-electron chi connectivity index (χ0n) is 18.8. The third-order valence-corrected chi connectivity index (χ3v) is 4.96. The Bertz CT molecular complexity index is 410. The van der Waals surface area contributed by atoms with Crippen LogP contribution >= 0.6 is 11.8 Å². The summed E-state index contributed by atoms with van der Waals surface area (Å²) >= 11 is 1.64. The van der Waals surface area contributed by atoms with Crippen LogP contribution in [0.15, 0.2) is 0 Å². The Labute approximate surface area is 177 Å². The largest absolute Gasteiger partial charge is 0.464 e. The summed E-state index contributed by atoms with van der Waals surface area (Å²) in [7, 11) is 0. The highest BCUT2D eigenvalue weighted by Gasteiger charge is 2.23. The number of alkyl carbamates (subject to hydrolysis) is 1. The van der Waals surface area contributed by atoms with Gasteiger partial charge in [-0.3, -0.25) is 0 Å². The van der Waals surface area contributed by atoms with E-state index in [0.717, 1.165) is 18.6 Å². The van der Waals surface area contributed by atoms with Crippen molar-refractivity contribution in [3.8, 4) is 0 Å². The molecule has 28 heavy (non-hydrogen) atoms. The number of hydrogen-bond acceptors (Lipinski definition) is 5. The van der Waals surface area contributed by atoms with Crippen LogP contribution in [0.3, 0.4) is 0 Å². The molecule has 0 heterocycles. The van der Waals surface area contributed by atoms with E-state index in [4.69, 9.17) is 9.47 Å². The van der Waals surface area contributed by atoms with Crippen molar-refractivity contribution >= 4 is 23.8 Å². The highest BCUT2D eigenvalue weighted by molar-refractivity contribution is 7.98. The van der Waals surface area contributed by atoms with E-state index in [2.05, 4.69) is 12.2 Å². The average molecular weight is 418 g/mol. The predicted octanol–water partition coefficient (Wildman–Crippen LogP) is 5.95. The molecule has 0 aliphatic rings. The van der Waals surface area contributed by atoms with Gasteiger partial charge in [-0.1, -0.05) is 79.1 Å². The topological polar surface area (TPSA) is 64.6 Å². The summed E-state index contributed by atoms with van der Waals surface area (Å²) in [5, 5.41) is 2.66. The van der Waals surface area contributed by atoms with Crippen LogP contribution in [0.5, 0.6) is 0 Å². The monoisotopic (exact) mass is 417 g/mol. The lowest BCUT2D eigenvalue weighted by atomic mass is 9.99. The third kappa shape index (κ3) is 17.2. The summed E-state index contributed by atoms with van der Waals surface area (Å²) in [6.45, 7) is 8.93. The Kier molecular flexibility index (Phi) is 16.4. The first kappa shape index (κ1) is 27.1. The molecule has 0 bridgehead atoms. The molecule has 166 valence electrons. The Morgan fingerprint density at radius 2 is 1.50 bits per heavy atom. The molecule has 0 saturated carbocycles. The van der Waals surface area contributed by atoms with Crippen LogP contribution in [0.4, 0.5) is 4.79 Å². The lowest BCUT2D eigenvalue weighted by Gasteiger charge is -2.21. The van der Waals surface area contributed by atoms with Crippen LogP contribution in [0.2, 0.25) is 0 Å². The normalized spacial score (nSPS) is 12.5. The molecule has 0 aromatic carbocycles. The number of nitrogens with one attached hydrogen (secondary N) is 1. The first-order valence-electron chi connectivity index (χ1n) is 10.9. The molecule has 0 radical (unpaired) electrons. The quantitative estimate of drug-likeness (QED) is 0.248. The molecular formula is C22H43NO4S. The lowest BCUT2D eigenvalue weighted by molar-refractivity contribution is -0.146. The zero-order valence-corrected chi connectivity index (χ0v) is 19.6. The summed E-state index contributed by atoms with van der Waals surface area (Å²) in [6.07, 6.45) is 13.0. The van der Waals surface area contributed by atoms with Crippen molar-refractivity contribution in [3.63, 3.8) is 0 Å². The van der Waals surface area contributed by atoms with Gasteiger partial charge in [0.25, 0.3) is 0 Å². The lowest BCUT2D eigenvalue weighted by Crippen LogP contribution is -2.43. The van der Waals surface area contributed by atoms with Gasteiger partial charge in [-0.25, -0.2) is 9.59 Å². The molecule has 1 amide bonds. The number of esters is 1. The minimum atomic E-state index is -0.640. The van der Waals surface area contributed by atoms with Gasteiger partial charge >= 0.3 is 12.1 Å². The van der Waals surface area contributed by atoms with Crippen molar-refractivity contribution in [1.82, 2.24) is 5.32 Å². The molecule has 1 N–H and O–H groups in total. The van der Waals surface area contributed by atoms with Gasteiger partial charge in [0.15, 0.2) is 0 Å². The van der Waals surface area contributed by atoms with E-state index in [-0.39, 0.29) is 11.4 Å². The van der Waals surface area contributed by atoms with Gasteiger partial charge in [-0.15, -0.1) is 0 Å². The number of unbranched alkanes of at least 4 members (excludes halogenated alkanes) is 8. The highest BCUT2D eigenvalue weighted by Crippen LogP contribution is 2.13. The highest BCUT2D eigenvalue weighted by atomic mass is 32.2. The number of ether oxygens (including phenoxy) is 2. The third-order valence-electron chi connectivity index (χ3n) is 4.32. The van der Waals surface area contributed by atoms with Gasteiger partial charge in [0.1, 0.15) is 6.04 Å². The fourth-order valence-corrected chi connectivity index (χ4v) is 3.11. The van der Waals surface area contributed by atoms with Crippen LogP contribution in [-0.4, -0.2) is 43.3 Å². The maximum absolute atomic E-state index is 12.3. The first-order chi connectivity index (χ1) is 13.3. The van der Waals surface area contributed by atoms with Crippen LogP contribution in [0.1, 0.15) is 91.9 Å². The van der Waals surface area contributed by atoms with Crippen molar-refractivity contribution in [3.05, 3.63) is 0 Å². The molecule has 0 spiro atoms. The van der Waals surface area contributed by atoms with Crippen LogP contribution in [-0.2, 0) is 14.3 Å². The van der Waals surface area contributed by atoms with Gasteiger partial charge in [0, 0.05) is 0 Å². The van der Waals surface area contributed by atoms with Crippen molar-refractivity contribution in [2.24, 2.45) is 5.41 Å². The van der Waals surface area contributed by atoms with Crippen molar-refractivity contribution < 1.29 is 19.1 Å². The number of carbonyl (C=O) groups is 2. The molecule has 1 unspecified atom stereocenters.